The fourth-order valence-corrected chi connectivity index (χ4v) is 3.97. The molecule has 2 heterocycles. The molecule has 1 aliphatic heterocycles. The zero-order valence-corrected chi connectivity index (χ0v) is 15.4. The third kappa shape index (κ3) is 3.39. The first-order chi connectivity index (χ1) is 13.2. The van der Waals surface area contributed by atoms with E-state index in [0.717, 1.165) is 24.8 Å². The average molecular weight is 369 g/mol. The summed E-state index contributed by atoms with van der Waals surface area (Å²) in [5.74, 6) is 1.14. The number of nitrogens with zero attached hydrogens (tertiary/aromatic N) is 3. The Labute approximate surface area is 157 Å². The molecule has 27 heavy (non-hydrogen) atoms. The molecule has 1 fully saturated rings. The number of methoxy groups -OCH3 is 1. The number of amides is 1. The van der Waals surface area contributed by atoms with E-state index in [9.17, 15) is 9.59 Å². The lowest BCUT2D eigenvalue weighted by molar-refractivity contribution is 0.0560. The van der Waals surface area contributed by atoms with Crippen molar-refractivity contribution in [2.75, 3.05) is 20.3 Å². The van der Waals surface area contributed by atoms with Gasteiger partial charge >= 0.3 is 0 Å². The Hall–Kier alpha value is -2.54. The van der Waals surface area contributed by atoms with Gasteiger partial charge in [-0.25, -0.2) is 0 Å². The number of fused-ring (bicyclic) bond motifs is 1. The van der Waals surface area contributed by atoms with Crippen LogP contribution in [0.4, 0.5) is 0 Å². The summed E-state index contributed by atoms with van der Waals surface area (Å²) in [5, 5.41) is 4.01. The van der Waals surface area contributed by atoms with Crippen molar-refractivity contribution in [1.82, 2.24) is 15.0 Å². The monoisotopic (exact) mass is 369 g/mol. The average Bonchev–Trinajstić information content (AvgIpc) is 3.33. The van der Waals surface area contributed by atoms with Crippen LogP contribution in [0.5, 0.6) is 0 Å². The van der Waals surface area contributed by atoms with E-state index < -0.39 is 0 Å². The number of Topliss-reactive ketones (excluding diaryl/α,β-unsaturated/α-hetero) is 1. The standard InChI is InChI=1S/C20H23N3O4/c1-26-12-10-18-21-19(27-22-18)16-7-2-3-11-23(16)20(25)15-6-4-5-14-13(15)8-9-17(14)24/h4-6,16H,2-3,7-12H2,1H3. The topological polar surface area (TPSA) is 85.5 Å². The molecular formula is C20H23N3O4. The van der Waals surface area contributed by atoms with Gasteiger partial charge in [-0.3, -0.25) is 9.59 Å². The SMILES string of the molecule is COCCc1noc(C2CCCCN2C(=O)c2cccc3c2CCC3=O)n1. The highest BCUT2D eigenvalue weighted by Gasteiger charge is 2.35. The van der Waals surface area contributed by atoms with Crippen LogP contribution in [0.2, 0.25) is 0 Å². The zero-order valence-electron chi connectivity index (χ0n) is 15.4. The smallest absolute Gasteiger partial charge is 0.254 e. The summed E-state index contributed by atoms with van der Waals surface area (Å²) >= 11 is 0. The van der Waals surface area contributed by atoms with Gasteiger partial charge in [0.25, 0.3) is 5.91 Å². The summed E-state index contributed by atoms with van der Waals surface area (Å²) in [7, 11) is 1.63. The maximum atomic E-state index is 13.3. The van der Waals surface area contributed by atoms with Gasteiger partial charge in [-0.05, 0) is 37.3 Å². The van der Waals surface area contributed by atoms with Crippen molar-refractivity contribution in [3.05, 3.63) is 46.6 Å². The van der Waals surface area contributed by atoms with E-state index in [4.69, 9.17) is 9.26 Å². The molecule has 1 aromatic heterocycles. The molecular weight excluding hydrogens is 346 g/mol. The van der Waals surface area contributed by atoms with Gasteiger partial charge in [0.15, 0.2) is 11.6 Å². The number of carbonyl (C=O) groups is 2. The summed E-state index contributed by atoms with van der Waals surface area (Å²) < 4.78 is 10.5. The van der Waals surface area contributed by atoms with E-state index in [1.807, 2.05) is 17.0 Å². The molecule has 0 radical (unpaired) electrons. The fourth-order valence-electron chi connectivity index (χ4n) is 3.97. The van der Waals surface area contributed by atoms with Crippen molar-refractivity contribution in [1.29, 1.82) is 0 Å². The Bertz CT molecular complexity index is 861. The first kappa shape index (κ1) is 17.9. The second kappa shape index (κ2) is 7.60. The minimum Gasteiger partial charge on any atom is -0.384 e. The number of benzene rings is 1. The number of piperidine rings is 1. The number of ether oxygens (including phenoxy) is 1. The van der Waals surface area contributed by atoms with Crippen molar-refractivity contribution in [2.24, 2.45) is 0 Å². The van der Waals surface area contributed by atoms with Crippen molar-refractivity contribution in [3.8, 4) is 0 Å². The highest BCUT2D eigenvalue weighted by molar-refractivity contribution is 6.05. The maximum absolute atomic E-state index is 13.3. The minimum absolute atomic E-state index is 0.0529. The van der Waals surface area contributed by atoms with Crippen LogP contribution in [-0.2, 0) is 17.6 Å². The Balaban J connectivity index is 1.61. The summed E-state index contributed by atoms with van der Waals surface area (Å²) in [5.41, 5.74) is 2.20. The van der Waals surface area contributed by atoms with Crippen LogP contribution in [0.1, 0.15) is 69.7 Å². The van der Waals surface area contributed by atoms with Gasteiger partial charge in [0.1, 0.15) is 6.04 Å². The third-order valence-corrected chi connectivity index (χ3v) is 5.37. The van der Waals surface area contributed by atoms with Crippen molar-refractivity contribution in [3.63, 3.8) is 0 Å². The van der Waals surface area contributed by atoms with Crippen LogP contribution >= 0.6 is 0 Å². The molecule has 0 saturated carbocycles. The van der Waals surface area contributed by atoms with Gasteiger partial charge in [0.2, 0.25) is 5.89 Å². The van der Waals surface area contributed by atoms with E-state index in [1.54, 1.807) is 13.2 Å². The van der Waals surface area contributed by atoms with Gasteiger partial charge in [0.05, 0.1) is 6.61 Å². The molecule has 1 aromatic carbocycles. The molecule has 2 aliphatic rings. The summed E-state index contributed by atoms with van der Waals surface area (Å²) in [6, 6.07) is 5.21. The quantitative estimate of drug-likeness (QED) is 0.806. The molecule has 0 spiro atoms. The Kier molecular flexibility index (Phi) is 5.03. The van der Waals surface area contributed by atoms with Gasteiger partial charge < -0.3 is 14.2 Å². The zero-order chi connectivity index (χ0) is 18.8. The van der Waals surface area contributed by atoms with Gasteiger partial charge in [-0.2, -0.15) is 4.98 Å². The van der Waals surface area contributed by atoms with E-state index in [-0.39, 0.29) is 17.7 Å². The molecule has 1 amide bonds. The maximum Gasteiger partial charge on any atom is 0.254 e. The number of ketones is 1. The lowest BCUT2D eigenvalue weighted by Crippen LogP contribution is -2.39. The highest BCUT2D eigenvalue weighted by Crippen LogP contribution is 2.33. The molecule has 142 valence electrons. The molecule has 0 N–H and O–H groups in total. The Morgan fingerprint density at radius 1 is 1.33 bits per heavy atom. The van der Waals surface area contributed by atoms with Crippen LogP contribution < -0.4 is 0 Å². The normalized spacial score (nSPS) is 19.4. The van der Waals surface area contributed by atoms with E-state index in [2.05, 4.69) is 10.1 Å². The largest absolute Gasteiger partial charge is 0.384 e. The summed E-state index contributed by atoms with van der Waals surface area (Å²) in [6.45, 7) is 1.17. The molecule has 7 heteroatoms. The third-order valence-electron chi connectivity index (χ3n) is 5.37. The first-order valence-electron chi connectivity index (χ1n) is 9.46. The molecule has 4 rings (SSSR count). The van der Waals surface area contributed by atoms with Crippen LogP contribution in [0.3, 0.4) is 0 Å². The van der Waals surface area contributed by atoms with E-state index >= 15 is 0 Å². The lowest BCUT2D eigenvalue weighted by Gasteiger charge is -2.33. The lowest BCUT2D eigenvalue weighted by atomic mass is 9.97. The van der Waals surface area contributed by atoms with Crippen LogP contribution in [-0.4, -0.2) is 47.0 Å². The Morgan fingerprint density at radius 2 is 2.22 bits per heavy atom. The number of carbonyl (C=O) groups excluding carboxylic acids is 2. The molecule has 1 atom stereocenters. The fraction of sp³-hybridized carbons (Fsp3) is 0.500. The molecule has 7 nitrogen and oxygen atoms in total. The van der Waals surface area contributed by atoms with Crippen molar-refractivity contribution < 1.29 is 18.8 Å². The number of rotatable bonds is 5. The molecule has 1 saturated heterocycles. The van der Waals surface area contributed by atoms with Crippen LogP contribution in [0.25, 0.3) is 0 Å². The molecule has 1 unspecified atom stereocenters. The minimum atomic E-state index is -0.219. The predicted octanol–water partition coefficient (Wildman–Crippen LogP) is 2.75. The van der Waals surface area contributed by atoms with Crippen molar-refractivity contribution >= 4 is 11.7 Å². The summed E-state index contributed by atoms with van der Waals surface area (Å²) in [4.78, 5) is 31.7. The van der Waals surface area contributed by atoms with Crippen LogP contribution in [0.15, 0.2) is 22.7 Å². The number of hydrogen-bond donors (Lipinski definition) is 0. The second-order valence-electron chi connectivity index (χ2n) is 7.06. The summed E-state index contributed by atoms with van der Waals surface area (Å²) in [6.07, 6.45) is 4.45. The van der Waals surface area contributed by atoms with Crippen LogP contribution in [0, 0.1) is 0 Å². The van der Waals surface area contributed by atoms with Crippen molar-refractivity contribution in [2.45, 2.75) is 44.6 Å². The molecule has 0 bridgehead atoms. The van der Waals surface area contributed by atoms with E-state index in [1.165, 1.54) is 0 Å². The van der Waals surface area contributed by atoms with E-state index in [0.29, 0.717) is 55.3 Å². The van der Waals surface area contributed by atoms with Gasteiger partial charge in [-0.15, -0.1) is 0 Å². The molecule has 1 aliphatic carbocycles. The Morgan fingerprint density at radius 3 is 3.07 bits per heavy atom. The second-order valence-corrected chi connectivity index (χ2v) is 7.06. The number of aromatic nitrogens is 2. The predicted molar refractivity (Wildman–Crippen MR) is 96.6 cm³/mol. The van der Waals surface area contributed by atoms with Gasteiger partial charge in [0, 0.05) is 37.6 Å². The van der Waals surface area contributed by atoms with Gasteiger partial charge in [-0.1, -0.05) is 17.3 Å². The first-order valence-corrected chi connectivity index (χ1v) is 9.46. The number of likely N-dealkylation sites (tertiary alicyclic amines) is 1. The number of hydrogen-bond acceptors (Lipinski definition) is 6. The molecule has 2 aromatic rings. The highest BCUT2D eigenvalue weighted by atomic mass is 16.5.